The van der Waals surface area contributed by atoms with Crippen molar-refractivity contribution in [2.24, 2.45) is 11.8 Å². The summed E-state index contributed by atoms with van der Waals surface area (Å²) in [5.74, 6) is 1.33. The van der Waals surface area contributed by atoms with Crippen LogP contribution in [0.15, 0.2) is 24.5 Å². The Kier molecular flexibility index (Phi) is 3.70. The van der Waals surface area contributed by atoms with Crippen LogP contribution in [0.25, 0.3) is 0 Å². The average Bonchev–Trinajstić information content (AvgIpc) is 2.39. The number of rotatable bonds is 3. The Hall–Kier alpha value is -1.18. The summed E-state index contributed by atoms with van der Waals surface area (Å²) in [4.78, 5) is 16.2. The Labute approximate surface area is 97.1 Å². The summed E-state index contributed by atoms with van der Waals surface area (Å²) >= 11 is 0. The van der Waals surface area contributed by atoms with Crippen molar-refractivity contribution >= 4 is 5.78 Å². The van der Waals surface area contributed by atoms with Gasteiger partial charge in [-0.15, -0.1) is 0 Å². The highest BCUT2D eigenvalue weighted by Crippen LogP contribution is 2.32. The van der Waals surface area contributed by atoms with Gasteiger partial charge in [-0.2, -0.15) is 0 Å². The first-order valence-electron chi connectivity index (χ1n) is 6.25. The summed E-state index contributed by atoms with van der Waals surface area (Å²) in [6, 6.07) is 3.66. The van der Waals surface area contributed by atoms with E-state index in [2.05, 4.69) is 11.9 Å². The number of aromatic nitrogens is 1. The van der Waals surface area contributed by atoms with Crippen LogP contribution in [0, 0.1) is 11.8 Å². The van der Waals surface area contributed by atoms with E-state index >= 15 is 0 Å². The quantitative estimate of drug-likeness (QED) is 0.725. The number of nitrogens with zero attached hydrogens (tertiary/aromatic N) is 1. The van der Waals surface area contributed by atoms with Gasteiger partial charge in [-0.3, -0.25) is 9.78 Å². The molecule has 1 saturated carbocycles. The van der Waals surface area contributed by atoms with Gasteiger partial charge in [0.2, 0.25) is 0 Å². The number of ketones is 1. The lowest BCUT2D eigenvalue weighted by atomic mass is 9.77. The Morgan fingerprint density at radius 1 is 1.38 bits per heavy atom. The lowest BCUT2D eigenvalue weighted by Crippen LogP contribution is -2.22. The lowest BCUT2D eigenvalue weighted by Gasteiger charge is -2.27. The molecular weight excluding hydrogens is 198 g/mol. The largest absolute Gasteiger partial charge is 0.294 e. The molecule has 1 aromatic heterocycles. The summed E-state index contributed by atoms with van der Waals surface area (Å²) in [5, 5.41) is 0. The van der Waals surface area contributed by atoms with Crippen molar-refractivity contribution < 1.29 is 4.79 Å². The van der Waals surface area contributed by atoms with Gasteiger partial charge in [0, 0.05) is 23.9 Å². The van der Waals surface area contributed by atoms with E-state index in [1.54, 1.807) is 12.4 Å². The molecular formula is C14H19NO. The summed E-state index contributed by atoms with van der Waals surface area (Å²) in [6.07, 6.45) is 9.27. The molecule has 0 bridgehead atoms. The van der Waals surface area contributed by atoms with E-state index in [1.807, 2.05) is 12.1 Å². The summed E-state index contributed by atoms with van der Waals surface area (Å²) in [7, 11) is 0. The number of carbonyl (C=O) groups is 1. The van der Waals surface area contributed by atoms with Crippen LogP contribution in [0.5, 0.6) is 0 Å². The number of pyridine rings is 1. The third kappa shape index (κ3) is 2.49. The van der Waals surface area contributed by atoms with Crippen LogP contribution in [-0.4, -0.2) is 10.8 Å². The van der Waals surface area contributed by atoms with E-state index in [9.17, 15) is 4.79 Å². The fraction of sp³-hybridized carbons (Fsp3) is 0.571. The SMILES string of the molecule is CCC1CCCC(C(=O)c2ccncc2)C1. The molecule has 1 aromatic rings. The molecule has 16 heavy (non-hydrogen) atoms. The van der Waals surface area contributed by atoms with Crippen molar-refractivity contribution in [1.29, 1.82) is 0 Å². The highest BCUT2D eigenvalue weighted by Gasteiger charge is 2.26. The standard InChI is InChI=1S/C14H19NO/c1-2-11-4-3-5-13(10-11)14(16)12-6-8-15-9-7-12/h6-9,11,13H,2-5,10H2,1H3. The van der Waals surface area contributed by atoms with Gasteiger partial charge in [-0.1, -0.05) is 26.2 Å². The second-order valence-electron chi connectivity index (χ2n) is 4.74. The van der Waals surface area contributed by atoms with Gasteiger partial charge < -0.3 is 0 Å². The van der Waals surface area contributed by atoms with Gasteiger partial charge in [0.25, 0.3) is 0 Å². The maximum Gasteiger partial charge on any atom is 0.166 e. The smallest absolute Gasteiger partial charge is 0.166 e. The minimum absolute atomic E-state index is 0.251. The predicted octanol–water partition coefficient (Wildman–Crippen LogP) is 3.48. The van der Waals surface area contributed by atoms with Crippen molar-refractivity contribution in [2.45, 2.75) is 39.0 Å². The zero-order valence-corrected chi connectivity index (χ0v) is 9.86. The first-order chi connectivity index (χ1) is 7.81. The van der Waals surface area contributed by atoms with E-state index in [4.69, 9.17) is 0 Å². The molecule has 1 aliphatic carbocycles. The highest BCUT2D eigenvalue weighted by atomic mass is 16.1. The van der Waals surface area contributed by atoms with E-state index in [0.717, 1.165) is 24.3 Å². The van der Waals surface area contributed by atoms with E-state index in [0.29, 0.717) is 5.78 Å². The van der Waals surface area contributed by atoms with Gasteiger partial charge >= 0.3 is 0 Å². The Morgan fingerprint density at radius 3 is 2.81 bits per heavy atom. The molecule has 0 spiro atoms. The van der Waals surface area contributed by atoms with Crippen LogP contribution >= 0.6 is 0 Å². The molecule has 0 N–H and O–H groups in total. The molecule has 1 aliphatic rings. The second kappa shape index (κ2) is 5.24. The van der Waals surface area contributed by atoms with Crippen LogP contribution in [0.2, 0.25) is 0 Å². The van der Waals surface area contributed by atoms with Crippen molar-refractivity contribution in [3.63, 3.8) is 0 Å². The molecule has 1 fully saturated rings. The van der Waals surface area contributed by atoms with E-state index in [-0.39, 0.29) is 5.92 Å². The number of hydrogen-bond donors (Lipinski definition) is 0. The molecule has 86 valence electrons. The van der Waals surface area contributed by atoms with Crippen LogP contribution in [-0.2, 0) is 0 Å². The molecule has 2 rings (SSSR count). The molecule has 0 saturated heterocycles. The second-order valence-corrected chi connectivity index (χ2v) is 4.74. The molecule has 2 heteroatoms. The van der Waals surface area contributed by atoms with Crippen LogP contribution in [0.1, 0.15) is 49.4 Å². The third-order valence-electron chi connectivity index (χ3n) is 3.70. The number of Topliss-reactive ketones (excluding diaryl/α,β-unsaturated/α-hetero) is 1. The van der Waals surface area contributed by atoms with Crippen molar-refractivity contribution in [3.05, 3.63) is 30.1 Å². The Balaban J connectivity index is 2.05. The predicted molar refractivity (Wildman–Crippen MR) is 64.3 cm³/mol. The maximum absolute atomic E-state index is 12.2. The summed E-state index contributed by atoms with van der Waals surface area (Å²) < 4.78 is 0. The normalized spacial score (nSPS) is 25.3. The minimum atomic E-state index is 0.251. The first-order valence-corrected chi connectivity index (χ1v) is 6.25. The Morgan fingerprint density at radius 2 is 2.12 bits per heavy atom. The van der Waals surface area contributed by atoms with E-state index < -0.39 is 0 Å². The first kappa shape index (κ1) is 11.3. The third-order valence-corrected chi connectivity index (χ3v) is 3.70. The molecule has 0 radical (unpaired) electrons. The van der Waals surface area contributed by atoms with Gasteiger partial charge in [0.15, 0.2) is 5.78 Å². The number of carbonyl (C=O) groups excluding carboxylic acids is 1. The zero-order chi connectivity index (χ0) is 11.4. The van der Waals surface area contributed by atoms with Gasteiger partial charge in [0.05, 0.1) is 0 Å². The van der Waals surface area contributed by atoms with Crippen LogP contribution < -0.4 is 0 Å². The van der Waals surface area contributed by atoms with Crippen LogP contribution in [0.4, 0.5) is 0 Å². The minimum Gasteiger partial charge on any atom is -0.294 e. The molecule has 0 aromatic carbocycles. The lowest BCUT2D eigenvalue weighted by molar-refractivity contribution is 0.0862. The summed E-state index contributed by atoms with van der Waals surface area (Å²) in [6.45, 7) is 2.23. The van der Waals surface area contributed by atoms with Gasteiger partial charge in [0.1, 0.15) is 0 Å². The van der Waals surface area contributed by atoms with Gasteiger partial charge in [-0.25, -0.2) is 0 Å². The van der Waals surface area contributed by atoms with Gasteiger partial charge in [-0.05, 0) is 30.9 Å². The zero-order valence-electron chi connectivity index (χ0n) is 9.86. The van der Waals surface area contributed by atoms with Crippen molar-refractivity contribution in [2.75, 3.05) is 0 Å². The average molecular weight is 217 g/mol. The highest BCUT2D eigenvalue weighted by molar-refractivity contribution is 5.97. The maximum atomic E-state index is 12.2. The number of hydrogen-bond acceptors (Lipinski definition) is 2. The molecule has 2 atom stereocenters. The Bertz CT molecular complexity index is 347. The van der Waals surface area contributed by atoms with Crippen molar-refractivity contribution in [1.82, 2.24) is 4.98 Å². The molecule has 0 amide bonds. The molecule has 2 nitrogen and oxygen atoms in total. The topological polar surface area (TPSA) is 30.0 Å². The van der Waals surface area contributed by atoms with E-state index in [1.165, 1.54) is 19.3 Å². The van der Waals surface area contributed by atoms with Crippen molar-refractivity contribution in [3.8, 4) is 0 Å². The monoisotopic (exact) mass is 217 g/mol. The fourth-order valence-corrected chi connectivity index (χ4v) is 2.65. The fourth-order valence-electron chi connectivity index (χ4n) is 2.65. The molecule has 1 heterocycles. The van der Waals surface area contributed by atoms with Crippen LogP contribution in [0.3, 0.4) is 0 Å². The molecule has 2 unspecified atom stereocenters. The molecule has 0 aliphatic heterocycles. The summed E-state index contributed by atoms with van der Waals surface area (Å²) in [5.41, 5.74) is 0.830.